The Kier molecular flexibility index (Phi) is 9.55. The summed E-state index contributed by atoms with van der Waals surface area (Å²) in [6, 6.07) is 7.68. The summed E-state index contributed by atoms with van der Waals surface area (Å²) < 4.78 is 10.7. The van der Waals surface area contributed by atoms with Gasteiger partial charge in [0, 0.05) is 11.9 Å². The van der Waals surface area contributed by atoms with Crippen molar-refractivity contribution in [2.24, 2.45) is 0 Å². The van der Waals surface area contributed by atoms with Gasteiger partial charge in [-0.2, -0.15) is 0 Å². The number of methoxy groups -OCH3 is 1. The average molecular weight is 330 g/mol. The van der Waals surface area contributed by atoms with E-state index in [1.165, 1.54) is 25.7 Å². The third kappa shape index (κ3) is 8.11. The molecule has 0 heterocycles. The number of hydrogen-bond donors (Lipinski definition) is 1. The Morgan fingerprint density at radius 3 is 2.32 bits per heavy atom. The Morgan fingerprint density at radius 1 is 0.947 bits per heavy atom. The standard InChI is InChI=1S/C15H24BrNO2/c1-18-14-6-8-15(9-7-14)19-13-12-17-11-5-3-2-4-10-16/h6-9,17H,2-5,10-13H2,1H3. The molecular weight excluding hydrogens is 306 g/mol. The number of ether oxygens (including phenoxy) is 2. The van der Waals surface area contributed by atoms with Crippen LogP contribution in [0.1, 0.15) is 25.7 Å². The van der Waals surface area contributed by atoms with Crippen LogP contribution in [0.4, 0.5) is 0 Å². The lowest BCUT2D eigenvalue weighted by atomic mass is 10.2. The van der Waals surface area contributed by atoms with Crippen molar-refractivity contribution in [1.82, 2.24) is 5.32 Å². The Labute approximate surface area is 124 Å². The zero-order valence-electron chi connectivity index (χ0n) is 11.7. The lowest BCUT2D eigenvalue weighted by molar-refractivity contribution is 0.313. The Morgan fingerprint density at radius 2 is 1.63 bits per heavy atom. The van der Waals surface area contributed by atoms with Crippen LogP contribution in [0.5, 0.6) is 11.5 Å². The molecule has 19 heavy (non-hydrogen) atoms. The van der Waals surface area contributed by atoms with Gasteiger partial charge in [0.1, 0.15) is 18.1 Å². The van der Waals surface area contributed by atoms with Crippen molar-refractivity contribution < 1.29 is 9.47 Å². The first-order valence-electron chi connectivity index (χ1n) is 6.90. The topological polar surface area (TPSA) is 30.5 Å². The number of alkyl halides is 1. The van der Waals surface area contributed by atoms with E-state index < -0.39 is 0 Å². The molecule has 0 fully saturated rings. The molecule has 0 aliphatic carbocycles. The van der Waals surface area contributed by atoms with E-state index in [1.54, 1.807) is 7.11 Å². The fourth-order valence-electron chi connectivity index (χ4n) is 1.74. The van der Waals surface area contributed by atoms with Gasteiger partial charge in [0.15, 0.2) is 0 Å². The van der Waals surface area contributed by atoms with Gasteiger partial charge in [-0.3, -0.25) is 0 Å². The summed E-state index contributed by atoms with van der Waals surface area (Å²) in [4.78, 5) is 0. The summed E-state index contributed by atoms with van der Waals surface area (Å²) in [7, 11) is 1.66. The second-order valence-electron chi connectivity index (χ2n) is 4.38. The van der Waals surface area contributed by atoms with Crippen molar-refractivity contribution in [2.75, 3.05) is 32.1 Å². The maximum absolute atomic E-state index is 5.63. The second kappa shape index (κ2) is 11.1. The minimum Gasteiger partial charge on any atom is -0.497 e. The number of unbranched alkanes of at least 4 members (excludes halogenated alkanes) is 3. The van der Waals surface area contributed by atoms with E-state index in [1.807, 2.05) is 24.3 Å². The van der Waals surface area contributed by atoms with Gasteiger partial charge in [-0.05, 0) is 43.7 Å². The molecule has 1 rings (SSSR count). The highest BCUT2D eigenvalue weighted by molar-refractivity contribution is 9.09. The molecule has 0 atom stereocenters. The Balaban J connectivity index is 1.95. The first-order valence-corrected chi connectivity index (χ1v) is 8.02. The summed E-state index contributed by atoms with van der Waals surface area (Å²) in [6.07, 6.45) is 5.14. The van der Waals surface area contributed by atoms with Crippen molar-refractivity contribution in [3.05, 3.63) is 24.3 Å². The van der Waals surface area contributed by atoms with Crippen molar-refractivity contribution in [1.29, 1.82) is 0 Å². The molecule has 0 bridgehead atoms. The molecule has 108 valence electrons. The number of halogens is 1. The number of nitrogens with one attached hydrogen (secondary N) is 1. The monoisotopic (exact) mass is 329 g/mol. The lowest BCUT2D eigenvalue weighted by Gasteiger charge is -2.08. The molecule has 0 spiro atoms. The first-order chi connectivity index (χ1) is 9.36. The molecule has 0 saturated carbocycles. The van der Waals surface area contributed by atoms with Crippen LogP contribution in [0.25, 0.3) is 0 Å². The molecule has 0 aromatic heterocycles. The quantitative estimate of drug-likeness (QED) is 0.497. The van der Waals surface area contributed by atoms with Crippen molar-refractivity contribution >= 4 is 15.9 Å². The highest BCUT2D eigenvalue weighted by Crippen LogP contribution is 2.16. The van der Waals surface area contributed by atoms with Gasteiger partial charge in [0.2, 0.25) is 0 Å². The van der Waals surface area contributed by atoms with Crippen LogP contribution in [-0.4, -0.2) is 32.1 Å². The SMILES string of the molecule is COc1ccc(OCCNCCCCCCBr)cc1. The van der Waals surface area contributed by atoms with Crippen LogP contribution in [0.15, 0.2) is 24.3 Å². The smallest absolute Gasteiger partial charge is 0.119 e. The minimum atomic E-state index is 0.702. The number of rotatable bonds is 11. The highest BCUT2D eigenvalue weighted by Gasteiger charge is 1.95. The number of hydrogen-bond acceptors (Lipinski definition) is 3. The number of benzene rings is 1. The van der Waals surface area contributed by atoms with E-state index in [4.69, 9.17) is 9.47 Å². The molecule has 0 radical (unpaired) electrons. The van der Waals surface area contributed by atoms with Crippen LogP contribution in [0.3, 0.4) is 0 Å². The van der Waals surface area contributed by atoms with E-state index in [0.29, 0.717) is 6.61 Å². The molecule has 1 aromatic rings. The van der Waals surface area contributed by atoms with Gasteiger partial charge in [0.25, 0.3) is 0 Å². The largest absolute Gasteiger partial charge is 0.497 e. The van der Waals surface area contributed by atoms with E-state index in [0.717, 1.165) is 29.9 Å². The van der Waals surface area contributed by atoms with Crippen LogP contribution < -0.4 is 14.8 Å². The second-order valence-corrected chi connectivity index (χ2v) is 5.17. The van der Waals surface area contributed by atoms with E-state index >= 15 is 0 Å². The fraction of sp³-hybridized carbons (Fsp3) is 0.600. The third-order valence-electron chi connectivity index (χ3n) is 2.84. The van der Waals surface area contributed by atoms with Gasteiger partial charge in [0.05, 0.1) is 7.11 Å². The zero-order valence-corrected chi connectivity index (χ0v) is 13.2. The van der Waals surface area contributed by atoms with Crippen molar-refractivity contribution in [3.63, 3.8) is 0 Å². The van der Waals surface area contributed by atoms with Crippen molar-refractivity contribution in [3.8, 4) is 11.5 Å². The van der Waals surface area contributed by atoms with Gasteiger partial charge >= 0.3 is 0 Å². The van der Waals surface area contributed by atoms with E-state index in [2.05, 4.69) is 21.2 Å². The van der Waals surface area contributed by atoms with Crippen LogP contribution in [0, 0.1) is 0 Å². The lowest BCUT2D eigenvalue weighted by Crippen LogP contribution is -2.22. The maximum atomic E-state index is 5.63. The Bertz CT molecular complexity index is 316. The summed E-state index contributed by atoms with van der Waals surface area (Å²) in [5.74, 6) is 1.74. The van der Waals surface area contributed by atoms with Gasteiger partial charge in [-0.1, -0.05) is 28.8 Å². The summed E-state index contributed by atoms with van der Waals surface area (Å²) in [5.41, 5.74) is 0. The summed E-state index contributed by atoms with van der Waals surface area (Å²) in [6.45, 7) is 2.67. The highest BCUT2D eigenvalue weighted by atomic mass is 79.9. The van der Waals surface area contributed by atoms with Crippen LogP contribution in [-0.2, 0) is 0 Å². The van der Waals surface area contributed by atoms with Crippen molar-refractivity contribution in [2.45, 2.75) is 25.7 Å². The third-order valence-corrected chi connectivity index (χ3v) is 3.40. The fourth-order valence-corrected chi connectivity index (χ4v) is 2.13. The predicted molar refractivity (Wildman–Crippen MR) is 83.6 cm³/mol. The average Bonchev–Trinajstić information content (AvgIpc) is 2.46. The molecule has 1 N–H and O–H groups in total. The predicted octanol–water partition coefficient (Wildman–Crippen LogP) is 3.62. The molecule has 0 amide bonds. The summed E-state index contributed by atoms with van der Waals surface area (Å²) >= 11 is 3.44. The zero-order chi connectivity index (χ0) is 13.8. The molecular formula is C15H24BrNO2. The van der Waals surface area contributed by atoms with E-state index in [9.17, 15) is 0 Å². The molecule has 0 saturated heterocycles. The normalized spacial score (nSPS) is 10.4. The molecule has 1 aromatic carbocycles. The maximum Gasteiger partial charge on any atom is 0.119 e. The van der Waals surface area contributed by atoms with Gasteiger partial charge in [-0.25, -0.2) is 0 Å². The first kappa shape index (κ1) is 16.3. The Hall–Kier alpha value is -0.740. The molecule has 0 aliphatic rings. The molecule has 4 heteroatoms. The summed E-state index contributed by atoms with van der Waals surface area (Å²) in [5, 5.41) is 4.51. The molecule has 0 unspecified atom stereocenters. The van der Waals surface area contributed by atoms with Crippen LogP contribution >= 0.6 is 15.9 Å². The van der Waals surface area contributed by atoms with Gasteiger partial charge in [-0.15, -0.1) is 0 Å². The molecule has 0 aliphatic heterocycles. The van der Waals surface area contributed by atoms with E-state index in [-0.39, 0.29) is 0 Å². The molecule has 3 nitrogen and oxygen atoms in total. The van der Waals surface area contributed by atoms with Gasteiger partial charge < -0.3 is 14.8 Å². The minimum absolute atomic E-state index is 0.702. The van der Waals surface area contributed by atoms with Crippen LogP contribution in [0.2, 0.25) is 0 Å².